The number of anilines is 1. The Balaban J connectivity index is 1.57. The molecule has 0 fully saturated rings. The summed E-state index contributed by atoms with van der Waals surface area (Å²) < 4.78 is 0.752. The number of carbonyl (C=O) groups is 1. The molecule has 0 spiro atoms. The van der Waals surface area contributed by atoms with Gasteiger partial charge < -0.3 is 10.5 Å². The number of amides is 1. The molecule has 0 saturated carbocycles. The molecule has 1 N–H and O–H groups in total. The van der Waals surface area contributed by atoms with Crippen molar-refractivity contribution < 1.29 is 9.52 Å². The van der Waals surface area contributed by atoms with E-state index in [1.807, 2.05) is 5.38 Å². The number of nitrogens with zero attached hydrogens (tertiary/aromatic N) is 2. The molecule has 0 unspecified atom stereocenters. The van der Waals surface area contributed by atoms with Gasteiger partial charge in [0.25, 0.3) is 5.03 Å². The number of aromatic nitrogens is 2. The van der Waals surface area contributed by atoms with Crippen molar-refractivity contribution in [1.82, 2.24) is 4.98 Å². The van der Waals surface area contributed by atoms with E-state index in [2.05, 4.69) is 41.5 Å². The number of pyridine rings is 1. The molecule has 0 radical (unpaired) electrons. The van der Waals surface area contributed by atoms with Gasteiger partial charge in [0.05, 0.1) is 11.4 Å². The van der Waals surface area contributed by atoms with Gasteiger partial charge in [-0.25, -0.2) is 4.98 Å². The van der Waals surface area contributed by atoms with E-state index < -0.39 is 0 Å². The van der Waals surface area contributed by atoms with Crippen molar-refractivity contribution in [2.45, 2.75) is 24.8 Å². The third kappa shape index (κ3) is 4.83. The molecule has 0 atom stereocenters. The van der Waals surface area contributed by atoms with Crippen LogP contribution in [0, 0.1) is 5.21 Å². The predicted molar refractivity (Wildman–Crippen MR) is 106 cm³/mol. The molecule has 7 heteroatoms. The lowest BCUT2D eigenvalue weighted by molar-refractivity contribution is -0.645. The third-order valence-corrected chi connectivity index (χ3v) is 5.45. The lowest BCUT2D eigenvalue weighted by Crippen LogP contribution is -2.28. The average Bonchev–Trinajstić information content (AvgIpc) is 3.10. The first-order valence-corrected chi connectivity index (χ1v) is 10.2. The Kier molecular flexibility index (Phi) is 6.25. The first kappa shape index (κ1) is 18.4. The zero-order valence-corrected chi connectivity index (χ0v) is 16.0. The molecule has 0 saturated heterocycles. The second kappa shape index (κ2) is 8.82. The molecule has 1 aromatic carbocycles. The maximum atomic E-state index is 12.1. The Morgan fingerprint density at radius 2 is 2.08 bits per heavy atom. The lowest BCUT2D eigenvalue weighted by Gasteiger charge is -2.03. The highest BCUT2D eigenvalue weighted by Gasteiger charge is 2.11. The Morgan fingerprint density at radius 3 is 2.81 bits per heavy atom. The fourth-order valence-corrected chi connectivity index (χ4v) is 3.86. The van der Waals surface area contributed by atoms with Crippen LogP contribution in [0.15, 0.2) is 59.1 Å². The minimum Gasteiger partial charge on any atom is -0.618 e. The SMILES string of the molecule is CCCc1ccc(-c2csc(NC(=O)CSc3cccc[n+]3[O-])n2)cc1. The van der Waals surface area contributed by atoms with Gasteiger partial charge in [0.2, 0.25) is 5.91 Å². The molecule has 0 bridgehead atoms. The maximum absolute atomic E-state index is 12.1. The number of thioether (sulfide) groups is 1. The molecular weight excluding hydrogens is 366 g/mol. The Hall–Kier alpha value is -2.38. The average molecular weight is 386 g/mol. The molecule has 2 heterocycles. The molecule has 2 aromatic heterocycles. The van der Waals surface area contributed by atoms with Crippen molar-refractivity contribution >= 4 is 34.1 Å². The van der Waals surface area contributed by atoms with Gasteiger partial charge in [-0.2, -0.15) is 4.73 Å². The van der Waals surface area contributed by atoms with Gasteiger partial charge in [-0.1, -0.05) is 37.6 Å². The van der Waals surface area contributed by atoms with E-state index in [9.17, 15) is 10.0 Å². The van der Waals surface area contributed by atoms with Crippen LogP contribution in [0.5, 0.6) is 0 Å². The maximum Gasteiger partial charge on any atom is 0.251 e. The monoisotopic (exact) mass is 385 g/mol. The van der Waals surface area contributed by atoms with Gasteiger partial charge in [-0.05, 0) is 29.8 Å². The number of benzene rings is 1. The summed E-state index contributed by atoms with van der Waals surface area (Å²) in [6, 6.07) is 13.5. The van der Waals surface area contributed by atoms with Gasteiger partial charge >= 0.3 is 0 Å². The highest BCUT2D eigenvalue weighted by molar-refractivity contribution is 7.99. The summed E-state index contributed by atoms with van der Waals surface area (Å²) in [7, 11) is 0. The van der Waals surface area contributed by atoms with Crippen LogP contribution in [-0.4, -0.2) is 16.6 Å². The lowest BCUT2D eigenvalue weighted by atomic mass is 10.1. The van der Waals surface area contributed by atoms with Crippen LogP contribution in [0.3, 0.4) is 0 Å². The summed E-state index contributed by atoms with van der Waals surface area (Å²) in [5.74, 6) is -0.0228. The fourth-order valence-electron chi connectivity index (χ4n) is 2.41. The first-order chi connectivity index (χ1) is 12.7. The van der Waals surface area contributed by atoms with Gasteiger partial charge in [0.15, 0.2) is 11.3 Å². The Bertz CT molecular complexity index is 879. The molecule has 0 aliphatic carbocycles. The minimum atomic E-state index is -0.182. The Morgan fingerprint density at radius 1 is 1.27 bits per heavy atom. The van der Waals surface area contributed by atoms with Gasteiger partial charge in [0, 0.05) is 23.1 Å². The zero-order valence-electron chi connectivity index (χ0n) is 14.3. The molecule has 3 rings (SSSR count). The number of nitrogens with one attached hydrogen (secondary N) is 1. The van der Waals surface area contributed by atoms with Crippen LogP contribution in [0.25, 0.3) is 11.3 Å². The second-order valence-corrected chi connectivity index (χ2v) is 7.54. The van der Waals surface area contributed by atoms with Crippen LogP contribution in [0.2, 0.25) is 0 Å². The van der Waals surface area contributed by atoms with Crippen molar-refractivity contribution in [3.8, 4) is 11.3 Å². The highest BCUT2D eigenvalue weighted by atomic mass is 32.2. The summed E-state index contributed by atoms with van der Waals surface area (Å²) in [6.07, 6.45) is 3.61. The number of aryl methyl sites for hydroxylation is 1. The van der Waals surface area contributed by atoms with Crippen molar-refractivity contribution in [2.24, 2.45) is 0 Å². The standard InChI is InChI=1S/C19H19N3O2S2/c1-2-5-14-7-9-15(10-8-14)16-12-26-19(20-16)21-17(23)13-25-18-6-3-4-11-22(18)24/h3-4,6-12H,2,5,13H2,1H3,(H,20,21,23). The normalized spacial score (nSPS) is 10.7. The largest absolute Gasteiger partial charge is 0.618 e. The molecule has 3 aromatic rings. The molecule has 1 amide bonds. The smallest absolute Gasteiger partial charge is 0.251 e. The zero-order chi connectivity index (χ0) is 18.4. The number of carbonyl (C=O) groups excluding carboxylic acids is 1. The summed E-state index contributed by atoms with van der Waals surface area (Å²) in [5, 5.41) is 17.3. The number of rotatable bonds is 7. The van der Waals surface area contributed by atoms with E-state index in [0.29, 0.717) is 10.2 Å². The molecule has 0 aliphatic rings. The van der Waals surface area contributed by atoms with E-state index >= 15 is 0 Å². The van der Waals surface area contributed by atoms with E-state index in [4.69, 9.17) is 0 Å². The van der Waals surface area contributed by atoms with Crippen LogP contribution in [0.1, 0.15) is 18.9 Å². The fraction of sp³-hybridized carbons (Fsp3) is 0.211. The summed E-state index contributed by atoms with van der Waals surface area (Å²) >= 11 is 2.59. The van der Waals surface area contributed by atoms with Crippen LogP contribution in [0.4, 0.5) is 5.13 Å². The van der Waals surface area contributed by atoms with Crippen LogP contribution >= 0.6 is 23.1 Å². The van der Waals surface area contributed by atoms with Crippen molar-refractivity contribution in [3.05, 3.63) is 64.8 Å². The number of hydrogen-bond donors (Lipinski definition) is 1. The van der Waals surface area contributed by atoms with Gasteiger partial charge in [-0.3, -0.25) is 4.79 Å². The summed E-state index contributed by atoms with van der Waals surface area (Å²) in [6.45, 7) is 2.16. The minimum absolute atomic E-state index is 0.160. The molecule has 5 nitrogen and oxygen atoms in total. The second-order valence-electron chi connectivity index (χ2n) is 5.69. The molecule has 0 aliphatic heterocycles. The van der Waals surface area contributed by atoms with Crippen LogP contribution in [-0.2, 0) is 11.2 Å². The topological polar surface area (TPSA) is 68.9 Å². The molecule has 26 heavy (non-hydrogen) atoms. The van der Waals surface area contributed by atoms with E-state index in [1.165, 1.54) is 34.9 Å². The number of hydrogen-bond acceptors (Lipinski definition) is 5. The molecule has 134 valence electrons. The Labute approximate surface area is 160 Å². The van der Waals surface area contributed by atoms with Gasteiger partial charge in [-0.15, -0.1) is 11.3 Å². The summed E-state index contributed by atoms with van der Waals surface area (Å²) in [5.41, 5.74) is 3.20. The van der Waals surface area contributed by atoms with Crippen LogP contribution < -0.4 is 10.0 Å². The highest BCUT2D eigenvalue weighted by Crippen LogP contribution is 2.25. The molecular formula is C19H19N3O2S2. The number of thiazole rings is 1. The van der Waals surface area contributed by atoms with Crippen molar-refractivity contribution in [3.63, 3.8) is 0 Å². The predicted octanol–water partition coefficient (Wildman–Crippen LogP) is 4.13. The van der Waals surface area contributed by atoms with E-state index in [0.717, 1.165) is 28.8 Å². The summed E-state index contributed by atoms with van der Waals surface area (Å²) in [4.78, 5) is 16.6. The first-order valence-electron chi connectivity index (χ1n) is 8.31. The van der Waals surface area contributed by atoms with Crippen molar-refractivity contribution in [2.75, 3.05) is 11.1 Å². The quantitative estimate of drug-likeness (QED) is 0.377. The van der Waals surface area contributed by atoms with E-state index in [1.54, 1.807) is 18.2 Å². The van der Waals surface area contributed by atoms with Gasteiger partial charge in [0.1, 0.15) is 0 Å². The third-order valence-electron chi connectivity index (χ3n) is 3.68. The van der Waals surface area contributed by atoms with E-state index in [-0.39, 0.29) is 11.7 Å². The van der Waals surface area contributed by atoms with Crippen molar-refractivity contribution in [1.29, 1.82) is 0 Å².